The van der Waals surface area contributed by atoms with E-state index in [9.17, 15) is 18.0 Å². The summed E-state index contributed by atoms with van der Waals surface area (Å²) in [4.78, 5) is 14.7. The van der Waals surface area contributed by atoms with Crippen molar-refractivity contribution < 1.29 is 27.4 Å². The highest BCUT2D eigenvalue weighted by Gasteiger charge is 2.39. The third kappa shape index (κ3) is 6.26. The second kappa shape index (κ2) is 8.42. The largest absolute Gasteiger partial charge is 0.573 e. The van der Waals surface area contributed by atoms with Crippen LogP contribution in [-0.4, -0.2) is 41.6 Å². The third-order valence-corrected chi connectivity index (χ3v) is 5.40. The number of nitrogens with zero attached hydrogens (tertiary/aromatic N) is 1. The minimum atomic E-state index is -4.75. The summed E-state index contributed by atoms with van der Waals surface area (Å²) in [5.74, 6) is 0.0711. The van der Waals surface area contributed by atoms with Gasteiger partial charge < -0.3 is 19.7 Å². The Hall–Kier alpha value is -1.96. The molecule has 1 heterocycles. The van der Waals surface area contributed by atoms with Gasteiger partial charge >= 0.3 is 12.5 Å². The van der Waals surface area contributed by atoms with E-state index in [4.69, 9.17) is 4.74 Å². The van der Waals surface area contributed by atoms with Gasteiger partial charge in [-0.05, 0) is 76.6 Å². The van der Waals surface area contributed by atoms with E-state index >= 15 is 0 Å². The van der Waals surface area contributed by atoms with Crippen molar-refractivity contribution >= 4 is 6.09 Å². The molecular weight excluding hydrogens is 385 g/mol. The molecule has 1 aliphatic heterocycles. The lowest BCUT2D eigenvalue weighted by atomic mass is 9.76. The van der Waals surface area contributed by atoms with Crippen LogP contribution in [0.1, 0.15) is 52.0 Å². The Morgan fingerprint density at radius 1 is 1.21 bits per heavy atom. The maximum Gasteiger partial charge on any atom is 0.573 e. The fraction of sp³-hybridized carbons (Fsp3) is 0.667. The van der Waals surface area contributed by atoms with Crippen LogP contribution in [-0.2, 0) is 11.3 Å². The van der Waals surface area contributed by atoms with Crippen molar-refractivity contribution in [3.63, 3.8) is 0 Å². The van der Waals surface area contributed by atoms with E-state index in [1.807, 2.05) is 20.8 Å². The van der Waals surface area contributed by atoms with Gasteiger partial charge in [0.1, 0.15) is 11.4 Å². The van der Waals surface area contributed by atoms with E-state index in [2.05, 4.69) is 10.1 Å². The zero-order chi connectivity index (χ0) is 21.2. The van der Waals surface area contributed by atoms with Crippen molar-refractivity contribution in [2.75, 3.05) is 6.54 Å². The van der Waals surface area contributed by atoms with Crippen LogP contribution >= 0.6 is 0 Å². The smallest absolute Gasteiger partial charge is 0.444 e. The molecule has 1 aliphatic carbocycles. The summed E-state index contributed by atoms with van der Waals surface area (Å²) in [6, 6.07) is 6.29. The summed E-state index contributed by atoms with van der Waals surface area (Å²) < 4.78 is 47.4. The molecule has 162 valence electrons. The Balaban J connectivity index is 1.81. The average molecular weight is 414 g/mol. The van der Waals surface area contributed by atoms with Crippen LogP contribution in [0.15, 0.2) is 24.3 Å². The Morgan fingerprint density at radius 3 is 2.66 bits per heavy atom. The molecular formula is C21H29F3N2O3. The molecule has 3 rings (SSSR count). The number of halogens is 3. The molecule has 3 unspecified atom stereocenters. The van der Waals surface area contributed by atoms with Crippen molar-refractivity contribution in [3.05, 3.63) is 29.8 Å². The lowest BCUT2D eigenvalue weighted by Gasteiger charge is -2.45. The summed E-state index contributed by atoms with van der Waals surface area (Å²) >= 11 is 0. The lowest BCUT2D eigenvalue weighted by Crippen LogP contribution is -2.54. The fourth-order valence-corrected chi connectivity index (χ4v) is 4.30. The Kier molecular flexibility index (Phi) is 6.31. The number of ether oxygens (including phenoxy) is 2. The molecule has 2 aliphatic rings. The van der Waals surface area contributed by atoms with Gasteiger partial charge in [0.15, 0.2) is 0 Å². The van der Waals surface area contributed by atoms with E-state index in [0.717, 1.165) is 32.2 Å². The maximum atomic E-state index is 13.0. The molecule has 1 amide bonds. The number of carbonyl (C=O) groups excluding carboxylic acids is 1. The zero-order valence-corrected chi connectivity index (χ0v) is 17.1. The van der Waals surface area contributed by atoms with E-state index in [1.165, 1.54) is 18.2 Å². The first-order chi connectivity index (χ1) is 13.5. The summed E-state index contributed by atoms with van der Waals surface area (Å²) in [5.41, 5.74) is -0.0734. The predicted octanol–water partition coefficient (Wildman–Crippen LogP) is 4.85. The number of benzene rings is 1. The normalized spacial score (nSPS) is 24.7. The first-order valence-corrected chi connectivity index (χ1v) is 10.1. The van der Waals surface area contributed by atoms with Crippen molar-refractivity contribution in [2.45, 2.75) is 77.0 Å². The minimum absolute atomic E-state index is 0.00962. The topological polar surface area (TPSA) is 50.8 Å². The van der Waals surface area contributed by atoms with Gasteiger partial charge in [0.25, 0.3) is 0 Å². The molecule has 0 aromatic heterocycles. The van der Waals surface area contributed by atoms with E-state index < -0.39 is 18.1 Å². The number of piperidine rings is 1. The molecule has 0 spiro atoms. The van der Waals surface area contributed by atoms with E-state index in [1.54, 1.807) is 11.0 Å². The average Bonchev–Trinajstić information content (AvgIpc) is 2.58. The molecule has 0 radical (unpaired) electrons. The Labute approximate surface area is 169 Å². The maximum absolute atomic E-state index is 13.0. The van der Waals surface area contributed by atoms with Gasteiger partial charge in [-0.1, -0.05) is 12.1 Å². The van der Waals surface area contributed by atoms with E-state index in [0.29, 0.717) is 17.5 Å². The van der Waals surface area contributed by atoms with Crippen LogP contribution in [0.3, 0.4) is 0 Å². The first kappa shape index (κ1) is 21.7. The Bertz CT molecular complexity index is 718. The van der Waals surface area contributed by atoms with Crippen molar-refractivity contribution in [2.24, 2.45) is 5.92 Å². The second-order valence-electron chi connectivity index (χ2n) is 8.88. The SMILES string of the molecule is CC(C)(C)OC(=O)N(Cc1cccc(OC(F)(F)F)c1)C1CCC2CC1CCN2. The molecule has 3 atom stereocenters. The summed E-state index contributed by atoms with van der Waals surface area (Å²) in [6.45, 7) is 6.53. The minimum Gasteiger partial charge on any atom is -0.444 e. The Morgan fingerprint density at radius 2 is 1.97 bits per heavy atom. The predicted molar refractivity (Wildman–Crippen MR) is 102 cm³/mol. The van der Waals surface area contributed by atoms with Gasteiger partial charge in [0.05, 0.1) is 0 Å². The number of carbonyl (C=O) groups is 1. The molecule has 29 heavy (non-hydrogen) atoms. The van der Waals surface area contributed by atoms with Gasteiger partial charge in [-0.2, -0.15) is 0 Å². The van der Waals surface area contributed by atoms with Crippen LogP contribution in [0.4, 0.5) is 18.0 Å². The number of alkyl halides is 3. The second-order valence-corrected chi connectivity index (χ2v) is 8.88. The monoisotopic (exact) mass is 414 g/mol. The molecule has 2 bridgehead atoms. The lowest BCUT2D eigenvalue weighted by molar-refractivity contribution is -0.274. The van der Waals surface area contributed by atoms with Gasteiger partial charge in [0, 0.05) is 18.6 Å². The quantitative estimate of drug-likeness (QED) is 0.765. The first-order valence-electron chi connectivity index (χ1n) is 10.1. The third-order valence-electron chi connectivity index (χ3n) is 5.40. The summed E-state index contributed by atoms with van der Waals surface area (Å²) in [7, 11) is 0. The van der Waals surface area contributed by atoms with Crippen LogP contribution in [0, 0.1) is 5.92 Å². The van der Waals surface area contributed by atoms with E-state index in [-0.39, 0.29) is 18.3 Å². The van der Waals surface area contributed by atoms with Gasteiger partial charge in [-0.25, -0.2) is 4.79 Å². The molecule has 1 saturated heterocycles. The highest BCUT2D eigenvalue weighted by Crippen LogP contribution is 2.35. The van der Waals surface area contributed by atoms with Crippen molar-refractivity contribution in [1.82, 2.24) is 10.2 Å². The standard InChI is InChI=1S/C21H29F3N2O3/c1-20(2,3)29-19(27)26(18-8-7-16-12-15(18)9-10-25-16)13-14-5-4-6-17(11-14)28-21(22,23)24/h4-6,11,15-16,18,25H,7-10,12-13H2,1-3H3. The number of fused-ring (bicyclic) bond motifs is 2. The number of nitrogens with one attached hydrogen (secondary N) is 1. The molecule has 1 N–H and O–H groups in total. The highest BCUT2D eigenvalue weighted by atomic mass is 19.4. The molecule has 1 saturated carbocycles. The summed E-state index contributed by atoms with van der Waals surface area (Å²) in [5, 5.41) is 3.50. The van der Waals surface area contributed by atoms with Gasteiger partial charge in [0.2, 0.25) is 0 Å². The number of hydrogen-bond acceptors (Lipinski definition) is 4. The zero-order valence-electron chi connectivity index (χ0n) is 17.1. The number of rotatable bonds is 4. The van der Waals surface area contributed by atoms with Crippen LogP contribution in [0.25, 0.3) is 0 Å². The number of amides is 1. The van der Waals surface area contributed by atoms with Crippen molar-refractivity contribution in [1.29, 1.82) is 0 Å². The molecule has 2 fully saturated rings. The molecule has 8 heteroatoms. The number of hydrogen-bond donors (Lipinski definition) is 1. The van der Waals surface area contributed by atoms with Crippen LogP contribution in [0.5, 0.6) is 5.75 Å². The highest BCUT2D eigenvalue weighted by molar-refractivity contribution is 5.68. The van der Waals surface area contributed by atoms with Crippen LogP contribution in [0.2, 0.25) is 0 Å². The molecule has 1 aromatic carbocycles. The van der Waals surface area contributed by atoms with Gasteiger partial charge in [-0.15, -0.1) is 13.2 Å². The molecule has 1 aromatic rings. The summed E-state index contributed by atoms with van der Waals surface area (Å²) in [6.07, 6.45) is -1.39. The fourth-order valence-electron chi connectivity index (χ4n) is 4.30. The van der Waals surface area contributed by atoms with Gasteiger partial charge in [-0.3, -0.25) is 0 Å². The van der Waals surface area contributed by atoms with Crippen LogP contribution < -0.4 is 10.1 Å². The van der Waals surface area contributed by atoms with Crippen molar-refractivity contribution in [3.8, 4) is 5.75 Å². The molecule has 5 nitrogen and oxygen atoms in total.